The molecule has 0 radical (unpaired) electrons. The molecular weight excluding hydrogens is 400 g/mol. The molecular formula is C27H22N2O3. The minimum atomic E-state index is -0.194. The lowest BCUT2D eigenvalue weighted by Crippen LogP contribution is -2.36. The second-order valence-corrected chi connectivity index (χ2v) is 8.09. The molecule has 32 heavy (non-hydrogen) atoms. The molecule has 0 saturated heterocycles. The molecule has 5 rings (SSSR count). The summed E-state index contributed by atoms with van der Waals surface area (Å²) < 4.78 is 0. The molecule has 1 heterocycles. The second-order valence-electron chi connectivity index (χ2n) is 8.09. The molecule has 2 aliphatic rings. The minimum Gasteiger partial charge on any atom is -0.325 e. The van der Waals surface area contributed by atoms with Gasteiger partial charge in [0.15, 0.2) is 11.6 Å². The first-order chi connectivity index (χ1) is 15.6. The highest BCUT2D eigenvalue weighted by atomic mass is 16.2. The largest absolute Gasteiger partial charge is 0.325 e. The Kier molecular flexibility index (Phi) is 5.25. The highest BCUT2D eigenvalue weighted by molar-refractivity contribution is 6.28. The van der Waals surface area contributed by atoms with Crippen LogP contribution in [0.1, 0.15) is 43.8 Å². The predicted octanol–water partition coefficient (Wildman–Crippen LogP) is 4.19. The molecule has 5 heteroatoms. The molecule has 158 valence electrons. The van der Waals surface area contributed by atoms with Gasteiger partial charge in [-0.1, -0.05) is 60.7 Å². The first-order valence-corrected chi connectivity index (χ1v) is 10.7. The van der Waals surface area contributed by atoms with Crippen LogP contribution in [0, 0.1) is 0 Å². The molecule has 1 aliphatic carbocycles. The number of carbonyl (C=O) groups excluding carboxylic acids is 3. The van der Waals surface area contributed by atoms with E-state index in [2.05, 4.69) is 28.4 Å². The molecule has 0 saturated carbocycles. The van der Waals surface area contributed by atoms with E-state index in [-0.39, 0.29) is 24.0 Å². The van der Waals surface area contributed by atoms with Crippen molar-refractivity contribution in [3.63, 3.8) is 0 Å². The molecule has 0 fully saturated rings. The number of fused-ring (bicyclic) bond motifs is 2. The molecule has 1 amide bonds. The van der Waals surface area contributed by atoms with Crippen molar-refractivity contribution in [3.05, 3.63) is 107 Å². The maximum atomic E-state index is 12.9. The number of hydrogen-bond donors (Lipinski definition) is 1. The monoisotopic (exact) mass is 422 g/mol. The average molecular weight is 422 g/mol. The van der Waals surface area contributed by atoms with Gasteiger partial charge in [0.25, 0.3) is 0 Å². The zero-order valence-corrected chi connectivity index (χ0v) is 17.5. The van der Waals surface area contributed by atoms with Crippen LogP contribution in [0.15, 0.2) is 78.9 Å². The molecule has 1 N–H and O–H groups in total. The third-order valence-electron chi connectivity index (χ3n) is 6.01. The lowest BCUT2D eigenvalue weighted by atomic mass is 9.84. The van der Waals surface area contributed by atoms with E-state index in [4.69, 9.17) is 0 Å². The van der Waals surface area contributed by atoms with E-state index >= 15 is 0 Å². The van der Waals surface area contributed by atoms with Crippen molar-refractivity contribution in [2.24, 2.45) is 0 Å². The number of benzene rings is 3. The summed E-state index contributed by atoms with van der Waals surface area (Å²) in [5, 5.41) is 2.88. The zero-order valence-electron chi connectivity index (χ0n) is 17.5. The summed E-state index contributed by atoms with van der Waals surface area (Å²) in [5.74, 6) is -0.500. The normalized spacial score (nSPS) is 15.6. The van der Waals surface area contributed by atoms with Gasteiger partial charge in [-0.05, 0) is 35.8 Å². The minimum absolute atomic E-state index is 0.142. The van der Waals surface area contributed by atoms with E-state index in [0.29, 0.717) is 34.5 Å². The Hall–Kier alpha value is -3.83. The molecule has 5 nitrogen and oxygen atoms in total. The fraction of sp³-hybridized carbons (Fsp3) is 0.148. The van der Waals surface area contributed by atoms with Crippen LogP contribution in [0.25, 0.3) is 5.57 Å². The Labute approximate surface area is 186 Å². The van der Waals surface area contributed by atoms with Crippen molar-refractivity contribution in [2.75, 3.05) is 25.0 Å². The predicted molar refractivity (Wildman–Crippen MR) is 124 cm³/mol. The van der Waals surface area contributed by atoms with Crippen LogP contribution in [0.3, 0.4) is 0 Å². The fourth-order valence-corrected chi connectivity index (χ4v) is 4.35. The fourth-order valence-electron chi connectivity index (χ4n) is 4.35. The Bertz CT molecular complexity index is 1260. The Balaban J connectivity index is 1.26. The summed E-state index contributed by atoms with van der Waals surface area (Å²) in [6.07, 6.45) is 3.07. The summed E-state index contributed by atoms with van der Waals surface area (Å²) in [4.78, 5) is 40.3. The summed E-state index contributed by atoms with van der Waals surface area (Å²) in [6.45, 7) is 1.79. The number of anilines is 1. The molecule has 0 atom stereocenters. The van der Waals surface area contributed by atoms with Crippen LogP contribution < -0.4 is 5.32 Å². The van der Waals surface area contributed by atoms with Crippen LogP contribution in [-0.2, 0) is 4.79 Å². The van der Waals surface area contributed by atoms with Gasteiger partial charge in [-0.25, -0.2) is 0 Å². The van der Waals surface area contributed by atoms with Gasteiger partial charge < -0.3 is 5.32 Å². The first-order valence-electron chi connectivity index (χ1n) is 10.7. The van der Waals surface area contributed by atoms with E-state index < -0.39 is 0 Å². The Morgan fingerprint density at radius 2 is 1.47 bits per heavy atom. The topological polar surface area (TPSA) is 66.5 Å². The van der Waals surface area contributed by atoms with Gasteiger partial charge in [-0.15, -0.1) is 0 Å². The van der Waals surface area contributed by atoms with E-state index in [1.807, 2.05) is 18.2 Å². The molecule has 0 aromatic heterocycles. The molecule has 0 unspecified atom stereocenters. The maximum Gasteiger partial charge on any atom is 0.238 e. The van der Waals surface area contributed by atoms with Gasteiger partial charge in [0.2, 0.25) is 5.91 Å². The molecule has 3 aromatic rings. The van der Waals surface area contributed by atoms with Crippen LogP contribution >= 0.6 is 0 Å². The standard InChI is InChI=1S/C27H22N2O3/c30-25(17-29-14-12-19(13-15-29)18-6-2-1-3-7-18)28-20-10-11-23-24(16-20)27(32)22-9-5-4-8-21(22)26(23)31/h1-12,16H,13-15,17H2,(H,28,30). The van der Waals surface area contributed by atoms with Gasteiger partial charge in [-0.3, -0.25) is 19.3 Å². The number of ketones is 2. The van der Waals surface area contributed by atoms with Crippen LogP contribution in [0.2, 0.25) is 0 Å². The van der Waals surface area contributed by atoms with E-state index in [0.717, 1.165) is 13.0 Å². The Morgan fingerprint density at radius 3 is 2.16 bits per heavy atom. The zero-order chi connectivity index (χ0) is 22.1. The van der Waals surface area contributed by atoms with E-state index in [9.17, 15) is 14.4 Å². The lowest BCUT2D eigenvalue weighted by Gasteiger charge is -2.26. The van der Waals surface area contributed by atoms with E-state index in [1.54, 1.807) is 42.5 Å². The van der Waals surface area contributed by atoms with Crippen molar-refractivity contribution in [3.8, 4) is 0 Å². The summed E-state index contributed by atoms with van der Waals surface area (Å²) in [7, 11) is 0. The molecule has 0 bridgehead atoms. The van der Waals surface area contributed by atoms with Crippen molar-refractivity contribution in [1.29, 1.82) is 0 Å². The van der Waals surface area contributed by atoms with Gasteiger partial charge in [0.1, 0.15) is 0 Å². The average Bonchev–Trinajstić information content (AvgIpc) is 2.83. The van der Waals surface area contributed by atoms with Crippen molar-refractivity contribution >= 4 is 28.7 Å². The third kappa shape index (κ3) is 3.79. The SMILES string of the molecule is O=C(CN1CC=C(c2ccccc2)CC1)Nc1ccc2c(c1)C(=O)c1ccccc1C2=O. The van der Waals surface area contributed by atoms with Crippen molar-refractivity contribution < 1.29 is 14.4 Å². The number of hydrogen-bond acceptors (Lipinski definition) is 4. The van der Waals surface area contributed by atoms with Crippen LogP contribution in [0.4, 0.5) is 5.69 Å². The second kappa shape index (κ2) is 8.36. The number of nitrogens with zero attached hydrogens (tertiary/aromatic N) is 1. The van der Waals surface area contributed by atoms with Crippen LogP contribution in [0.5, 0.6) is 0 Å². The first kappa shape index (κ1) is 20.1. The molecule has 1 aliphatic heterocycles. The highest BCUT2D eigenvalue weighted by Gasteiger charge is 2.29. The summed E-state index contributed by atoms with van der Waals surface area (Å²) >= 11 is 0. The Morgan fingerprint density at radius 1 is 0.812 bits per heavy atom. The summed E-state index contributed by atoms with van der Waals surface area (Å²) in [6, 6.07) is 22.0. The number of rotatable bonds is 4. The summed E-state index contributed by atoms with van der Waals surface area (Å²) in [5.41, 5.74) is 4.59. The van der Waals surface area contributed by atoms with Gasteiger partial charge >= 0.3 is 0 Å². The third-order valence-corrected chi connectivity index (χ3v) is 6.01. The van der Waals surface area contributed by atoms with Gasteiger partial charge in [0, 0.05) is 41.0 Å². The molecule has 0 spiro atoms. The number of carbonyl (C=O) groups is 3. The number of nitrogens with one attached hydrogen (secondary N) is 1. The quantitative estimate of drug-likeness (QED) is 0.536. The smallest absolute Gasteiger partial charge is 0.238 e. The van der Waals surface area contributed by atoms with Crippen LogP contribution in [-0.4, -0.2) is 42.0 Å². The van der Waals surface area contributed by atoms with Crippen molar-refractivity contribution in [1.82, 2.24) is 4.90 Å². The van der Waals surface area contributed by atoms with Gasteiger partial charge in [0.05, 0.1) is 6.54 Å². The maximum absolute atomic E-state index is 12.9. The highest BCUT2D eigenvalue weighted by Crippen LogP contribution is 2.29. The van der Waals surface area contributed by atoms with E-state index in [1.165, 1.54) is 11.1 Å². The van der Waals surface area contributed by atoms with Gasteiger partial charge in [-0.2, -0.15) is 0 Å². The van der Waals surface area contributed by atoms with Crippen molar-refractivity contribution in [2.45, 2.75) is 6.42 Å². The number of amides is 1. The molecule has 3 aromatic carbocycles. The lowest BCUT2D eigenvalue weighted by molar-refractivity contribution is -0.117.